The normalized spacial score (nSPS) is 20.3. The number of hydrogen-bond donors (Lipinski definition) is 1. The molecule has 1 aliphatic carbocycles. The lowest BCUT2D eigenvalue weighted by Crippen LogP contribution is -2.17. The van der Waals surface area contributed by atoms with E-state index in [2.05, 4.69) is 66.7 Å². The average molecular weight is 318 g/mol. The van der Waals surface area contributed by atoms with Crippen molar-refractivity contribution in [2.24, 2.45) is 0 Å². The summed E-state index contributed by atoms with van der Waals surface area (Å²) in [6.07, 6.45) is 10.4. The molecule has 3 rings (SSSR count). The first-order chi connectivity index (χ1) is 11.8. The van der Waals surface area contributed by atoms with E-state index in [4.69, 9.17) is 0 Å². The van der Waals surface area contributed by atoms with Crippen LogP contribution in [0.25, 0.3) is 6.08 Å². The number of aryl methyl sites for hydroxylation is 1. The van der Waals surface area contributed by atoms with E-state index in [9.17, 15) is 5.11 Å². The van der Waals surface area contributed by atoms with Gasteiger partial charge in [0.05, 0.1) is 6.10 Å². The largest absolute Gasteiger partial charge is 0.389 e. The van der Waals surface area contributed by atoms with Gasteiger partial charge >= 0.3 is 0 Å². The van der Waals surface area contributed by atoms with Crippen LogP contribution in [0.3, 0.4) is 0 Å². The summed E-state index contributed by atoms with van der Waals surface area (Å²) in [6.45, 7) is 0. The second-order valence-electron chi connectivity index (χ2n) is 6.54. The fraction of sp³-hybridized carbons (Fsp3) is 0.304. The molecule has 2 aromatic rings. The van der Waals surface area contributed by atoms with Gasteiger partial charge in [-0.15, -0.1) is 0 Å². The Balaban J connectivity index is 1.80. The van der Waals surface area contributed by atoms with Crippen LogP contribution < -0.4 is 0 Å². The smallest absolute Gasteiger partial charge is 0.0755 e. The van der Waals surface area contributed by atoms with Gasteiger partial charge in [0, 0.05) is 0 Å². The van der Waals surface area contributed by atoms with E-state index in [1.165, 1.54) is 28.7 Å². The summed E-state index contributed by atoms with van der Waals surface area (Å²) >= 11 is 0. The summed E-state index contributed by atoms with van der Waals surface area (Å²) in [7, 11) is 0. The minimum absolute atomic E-state index is 0.259. The molecule has 1 nitrogen and oxygen atoms in total. The first kappa shape index (κ1) is 16.7. The highest BCUT2D eigenvalue weighted by atomic mass is 16.3. The Kier molecular flexibility index (Phi) is 6.03. The standard InChI is InChI=1S/C23H26O/c24-23-14-8-7-13-22(23)21(17-15-19-9-3-1-4-10-19)18-16-20-11-5-2-6-12-20/h1-6,9-12,15,17,23-24H,7-8,13-14,16,18H2/b17-15+,22-21+. The van der Waals surface area contributed by atoms with E-state index in [-0.39, 0.29) is 6.10 Å². The molecule has 24 heavy (non-hydrogen) atoms. The van der Waals surface area contributed by atoms with Gasteiger partial charge < -0.3 is 5.11 Å². The lowest BCUT2D eigenvalue weighted by molar-refractivity contribution is 0.177. The van der Waals surface area contributed by atoms with Crippen molar-refractivity contribution in [1.82, 2.24) is 0 Å². The maximum absolute atomic E-state index is 10.4. The Morgan fingerprint density at radius 2 is 1.67 bits per heavy atom. The number of aliphatic hydroxyl groups is 1. The number of rotatable bonds is 5. The number of allylic oxidation sites excluding steroid dienone is 2. The molecular formula is C23H26O. The molecular weight excluding hydrogens is 292 g/mol. The molecule has 0 aromatic heterocycles. The van der Waals surface area contributed by atoms with Gasteiger partial charge in [0.25, 0.3) is 0 Å². The Labute approximate surface area is 145 Å². The molecule has 1 atom stereocenters. The van der Waals surface area contributed by atoms with Crippen LogP contribution in [0.4, 0.5) is 0 Å². The second kappa shape index (κ2) is 8.65. The van der Waals surface area contributed by atoms with E-state index in [1.807, 2.05) is 6.07 Å². The molecule has 0 amide bonds. The van der Waals surface area contributed by atoms with E-state index >= 15 is 0 Å². The Bertz CT molecular complexity index is 682. The summed E-state index contributed by atoms with van der Waals surface area (Å²) in [5.41, 5.74) is 5.13. The van der Waals surface area contributed by atoms with Gasteiger partial charge in [-0.25, -0.2) is 0 Å². The number of benzene rings is 2. The minimum Gasteiger partial charge on any atom is -0.389 e. The molecule has 1 N–H and O–H groups in total. The van der Waals surface area contributed by atoms with Gasteiger partial charge in [-0.05, 0) is 54.4 Å². The van der Waals surface area contributed by atoms with Gasteiger partial charge in [0.1, 0.15) is 0 Å². The fourth-order valence-electron chi connectivity index (χ4n) is 3.40. The molecule has 1 fully saturated rings. The number of hydrogen-bond acceptors (Lipinski definition) is 1. The SMILES string of the molecule is OC1CCCC/C1=C(/C=C/c1ccccc1)CCc1ccccc1. The Morgan fingerprint density at radius 3 is 2.38 bits per heavy atom. The molecule has 1 heteroatoms. The third-order valence-electron chi connectivity index (χ3n) is 4.79. The molecule has 0 aliphatic heterocycles. The summed E-state index contributed by atoms with van der Waals surface area (Å²) in [5, 5.41) is 10.4. The monoisotopic (exact) mass is 318 g/mol. The Hall–Kier alpha value is -2.12. The summed E-state index contributed by atoms with van der Waals surface area (Å²) in [4.78, 5) is 0. The topological polar surface area (TPSA) is 20.2 Å². The highest BCUT2D eigenvalue weighted by molar-refractivity contribution is 5.53. The Morgan fingerprint density at radius 1 is 0.958 bits per heavy atom. The van der Waals surface area contributed by atoms with Crippen molar-refractivity contribution in [3.8, 4) is 0 Å². The van der Waals surface area contributed by atoms with Crippen LogP contribution in [0.5, 0.6) is 0 Å². The van der Waals surface area contributed by atoms with E-state index in [0.717, 1.165) is 32.1 Å². The van der Waals surface area contributed by atoms with Crippen molar-refractivity contribution in [3.05, 3.63) is 89.0 Å². The van der Waals surface area contributed by atoms with Crippen molar-refractivity contribution in [2.45, 2.75) is 44.6 Å². The zero-order chi connectivity index (χ0) is 16.6. The van der Waals surface area contributed by atoms with Gasteiger partial charge in [-0.2, -0.15) is 0 Å². The summed E-state index contributed by atoms with van der Waals surface area (Å²) in [5.74, 6) is 0. The summed E-state index contributed by atoms with van der Waals surface area (Å²) < 4.78 is 0. The van der Waals surface area contributed by atoms with Crippen LogP contribution >= 0.6 is 0 Å². The molecule has 0 spiro atoms. The highest BCUT2D eigenvalue weighted by Gasteiger charge is 2.18. The molecule has 2 aromatic carbocycles. The average Bonchev–Trinajstić information content (AvgIpc) is 2.64. The minimum atomic E-state index is -0.259. The first-order valence-electron chi connectivity index (χ1n) is 9.00. The van der Waals surface area contributed by atoms with Crippen LogP contribution in [0, 0.1) is 0 Å². The molecule has 1 aliphatic rings. The third-order valence-corrected chi connectivity index (χ3v) is 4.79. The van der Waals surface area contributed by atoms with E-state index in [0.29, 0.717) is 0 Å². The van der Waals surface area contributed by atoms with Crippen LogP contribution in [-0.2, 0) is 6.42 Å². The van der Waals surface area contributed by atoms with Gasteiger partial charge in [0.15, 0.2) is 0 Å². The first-order valence-corrected chi connectivity index (χ1v) is 9.00. The predicted molar refractivity (Wildman–Crippen MR) is 102 cm³/mol. The molecule has 1 saturated carbocycles. The molecule has 124 valence electrons. The quantitative estimate of drug-likeness (QED) is 0.764. The van der Waals surface area contributed by atoms with Crippen molar-refractivity contribution < 1.29 is 5.11 Å². The maximum Gasteiger partial charge on any atom is 0.0755 e. The van der Waals surface area contributed by atoms with Crippen molar-refractivity contribution in [2.75, 3.05) is 0 Å². The lowest BCUT2D eigenvalue weighted by atomic mass is 9.86. The molecule has 0 heterocycles. The number of aliphatic hydroxyl groups excluding tert-OH is 1. The van der Waals surface area contributed by atoms with Gasteiger partial charge in [-0.3, -0.25) is 0 Å². The third kappa shape index (κ3) is 4.69. The second-order valence-corrected chi connectivity index (χ2v) is 6.54. The van der Waals surface area contributed by atoms with Gasteiger partial charge in [-0.1, -0.05) is 79.2 Å². The molecule has 0 bridgehead atoms. The maximum atomic E-state index is 10.4. The molecule has 0 radical (unpaired) electrons. The van der Waals surface area contributed by atoms with Crippen molar-refractivity contribution in [3.63, 3.8) is 0 Å². The zero-order valence-corrected chi connectivity index (χ0v) is 14.2. The lowest BCUT2D eigenvalue weighted by Gasteiger charge is -2.23. The molecule has 1 unspecified atom stereocenters. The van der Waals surface area contributed by atoms with Crippen LogP contribution in [0.15, 0.2) is 77.9 Å². The van der Waals surface area contributed by atoms with Crippen LogP contribution in [0.2, 0.25) is 0 Å². The highest BCUT2D eigenvalue weighted by Crippen LogP contribution is 2.29. The van der Waals surface area contributed by atoms with E-state index < -0.39 is 0 Å². The van der Waals surface area contributed by atoms with Crippen molar-refractivity contribution >= 4 is 6.08 Å². The van der Waals surface area contributed by atoms with Gasteiger partial charge in [0.2, 0.25) is 0 Å². The fourth-order valence-corrected chi connectivity index (χ4v) is 3.40. The van der Waals surface area contributed by atoms with E-state index in [1.54, 1.807) is 0 Å². The molecule has 0 saturated heterocycles. The van der Waals surface area contributed by atoms with Crippen LogP contribution in [-0.4, -0.2) is 11.2 Å². The van der Waals surface area contributed by atoms with Crippen molar-refractivity contribution in [1.29, 1.82) is 0 Å². The van der Waals surface area contributed by atoms with Crippen LogP contribution in [0.1, 0.15) is 43.2 Å². The summed E-state index contributed by atoms with van der Waals surface area (Å²) in [6, 6.07) is 21.0. The predicted octanol–water partition coefficient (Wildman–Crippen LogP) is 5.56. The zero-order valence-electron chi connectivity index (χ0n) is 14.2.